The molecule has 0 fully saturated rings. The first kappa shape index (κ1) is 24.9. The van der Waals surface area contributed by atoms with Crippen LogP contribution in [0, 0.1) is 30.2 Å². The maximum atomic E-state index is 14.2. The van der Waals surface area contributed by atoms with Gasteiger partial charge in [0, 0.05) is 11.1 Å². The van der Waals surface area contributed by atoms with Gasteiger partial charge in [-0.15, -0.1) is 0 Å². The zero-order chi connectivity index (χ0) is 26.1. The summed E-state index contributed by atoms with van der Waals surface area (Å²) < 4.78 is 66.1. The van der Waals surface area contributed by atoms with E-state index in [0.717, 1.165) is 7.11 Å². The molecule has 1 heterocycles. The van der Waals surface area contributed by atoms with E-state index in [-0.39, 0.29) is 5.56 Å². The predicted molar refractivity (Wildman–Crippen MR) is 129 cm³/mol. The number of hydrogen-bond acceptors (Lipinski definition) is 5. The number of benzene rings is 3. The van der Waals surface area contributed by atoms with Gasteiger partial charge in [0.15, 0.2) is 22.5 Å². The molecule has 1 amide bonds. The fourth-order valence-corrected chi connectivity index (χ4v) is 3.70. The molecular formula is C25H16F4N2O4S. The highest BCUT2D eigenvalue weighted by molar-refractivity contribution is 7.80. The Morgan fingerprint density at radius 2 is 1.64 bits per heavy atom. The number of thiocarbonyl (C=S) groups is 1. The van der Waals surface area contributed by atoms with E-state index in [1.54, 1.807) is 55.5 Å². The van der Waals surface area contributed by atoms with Crippen molar-refractivity contribution >= 4 is 39.9 Å². The van der Waals surface area contributed by atoms with Crippen LogP contribution in [0.2, 0.25) is 0 Å². The van der Waals surface area contributed by atoms with E-state index in [1.807, 2.05) is 5.32 Å². The third kappa shape index (κ3) is 4.52. The quantitative estimate of drug-likeness (QED) is 0.162. The largest absolute Gasteiger partial charge is 0.491 e. The smallest absolute Gasteiger partial charge is 0.344 e. The Labute approximate surface area is 206 Å². The lowest BCUT2D eigenvalue weighted by atomic mass is 10.0. The fourth-order valence-electron chi connectivity index (χ4n) is 3.50. The van der Waals surface area contributed by atoms with Gasteiger partial charge in [0.2, 0.25) is 11.6 Å². The highest BCUT2D eigenvalue weighted by atomic mass is 32.1. The van der Waals surface area contributed by atoms with E-state index in [9.17, 15) is 27.2 Å². The number of ether oxygens (including phenoxy) is 1. The molecule has 4 rings (SSSR count). The lowest BCUT2D eigenvalue weighted by Gasteiger charge is -2.14. The van der Waals surface area contributed by atoms with Crippen LogP contribution in [0.25, 0.3) is 22.1 Å². The molecule has 0 saturated heterocycles. The Kier molecular flexibility index (Phi) is 6.75. The maximum Gasteiger partial charge on any atom is 0.344 e. The van der Waals surface area contributed by atoms with Gasteiger partial charge in [-0.2, -0.15) is 8.78 Å². The normalized spacial score (nSPS) is 10.8. The standard InChI is InChI=1S/C25H16F4N2O4S/c1-11-7-8-12(14-9-13-5-3-4-6-16(13)35-24(14)33)10-15(11)30-25(36)31-23(32)17-18(26)20(28)22(34-2)21(29)19(17)27/h3-10H,1-2H3,(H2,30,31,32,36). The first-order valence-electron chi connectivity index (χ1n) is 10.3. The minimum absolute atomic E-state index is 0.264. The van der Waals surface area contributed by atoms with Gasteiger partial charge in [-0.25, -0.2) is 13.6 Å². The molecular weight excluding hydrogens is 500 g/mol. The van der Waals surface area contributed by atoms with Crippen molar-refractivity contribution in [2.45, 2.75) is 6.92 Å². The molecule has 0 unspecified atom stereocenters. The highest BCUT2D eigenvalue weighted by Gasteiger charge is 2.30. The van der Waals surface area contributed by atoms with Crippen molar-refractivity contribution in [3.05, 3.63) is 93.3 Å². The zero-order valence-electron chi connectivity index (χ0n) is 18.7. The van der Waals surface area contributed by atoms with Gasteiger partial charge in [-0.1, -0.05) is 30.3 Å². The number of methoxy groups -OCH3 is 1. The summed E-state index contributed by atoms with van der Waals surface area (Å²) in [6.07, 6.45) is 0. The molecule has 0 aliphatic heterocycles. The molecule has 0 spiro atoms. The molecule has 4 aromatic rings. The minimum Gasteiger partial charge on any atom is -0.491 e. The predicted octanol–water partition coefficient (Wildman–Crippen LogP) is 5.46. The molecule has 3 aromatic carbocycles. The number of carbonyl (C=O) groups excluding carboxylic acids is 1. The topological polar surface area (TPSA) is 80.6 Å². The van der Waals surface area contributed by atoms with Gasteiger partial charge in [-0.3, -0.25) is 10.1 Å². The summed E-state index contributed by atoms with van der Waals surface area (Å²) in [6, 6.07) is 13.5. The van der Waals surface area contributed by atoms with Crippen LogP contribution in [0.15, 0.2) is 57.7 Å². The second kappa shape index (κ2) is 9.78. The number of hydrogen-bond donors (Lipinski definition) is 2. The monoisotopic (exact) mass is 516 g/mol. The Balaban J connectivity index is 1.61. The summed E-state index contributed by atoms with van der Waals surface area (Å²) in [7, 11) is 0.817. The molecule has 11 heteroatoms. The first-order valence-corrected chi connectivity index (χ1v) is 10.7. The number of aryl methyl sites for hydroxylation is 1. The van der Waals surface area contributed by atoms with Gasteiger partial charge in [-0.05, 0) is 48.5 Å². The summed E-state index contributed by atoms with van der Waals surface area (Å²) in [5.41, 5.74) is 0.0560. The van der Waals surface area contributed by atoms with E-state index >= 15 is 0 Å². The van der Waals surface area contributed by atoms with Gasteiger partial charge in [0.05, 0.1) is 12.7 Å². The van der Waals surface area contributed by atoms with Crippen LogP contribution in [0.3, 0.4) is 0 Å². The second-order valence-electron chi connectivity index (χ2n) is 7.59. The SMILES string of the molecule is COc1c(F)c(F)c(C(=O)NC(=S)Nc2cc(-c3cc4ccccc4oc3=O)ccc2C)c(F)c1F. The number of nitrogens with one attached hydrogen (secondary N) is 2. The lowest BCUT2D eigenvalue weighted by molar-refractivity contribution is 0.0966. The number of rotatable bonds is 4. The van der Waals surface area contributed by atoms with Crippen LogP contribution in [0.1, 0.15) is 15.9 Å². The number of anilines is 1. The molecule has 36 heavy (non-hydrogen) atoms. The van der Waals surface area contributed by atoms with Gasteiger partial charge in [0.1, 0.15) is 11.1 Å². The third-order valence-electron chi connectivity index (χ3n) is 5.32. The van der Waals surface area contributed by atoms with Crippen molar-refractivity contribution in [2.75, 3.05) is 12.4 Å². The third-order valence-corrected chi connectivity index (χ3v) is 5.52. The summed E-state index contributed by atoms with van der Waals surface area (Å²) in [6.45, 7) is 1.70. The Morgan fingerprint density at radius 3 is 2.31 bits per heavy atom. The number of para-hydroxylation sites is 1. The fraction of sp³-hybridized carbons (Fsp3) is 0.0800. The summed E-state index contributed by atoms with van der Waals surface area (Å²) >= 11 is 5.04. The van der Waals surface area contributed by atoms with Gasteiger partial charge >= 0.3 is 5.63 Å². The van der Waals surface area contributed by atoms with E-state index in [2.05, 4.69) is 10.1 Å². The van der Waals surface area contributed by atoms with Gasteiger partial charge in [0.25, 0.3) is 5.91 Å². The van der Waals surface area contributed by atoms with Crippen LogP contribution in [-0.2, 0) is 0 Å². The highest BCUT2D eigenvalue weighted by Crippen LogP contribution is 2.30. The summed E-state index contributed by atoms with van der Waals surface area (Å²) in [4.78, 5) is 24.9. The lowest BCUT2D eigenvalue weighted by Crippen LogP contribution is -2.35. The van der Waals surface area contributed by atoms with Crippen molar-refractivity contribution in [3.63, 3.8) is 0 Å². The first-order chi connectivity index (χ1) is 17.1. The maximum absolute atomic E-state index is 14.2. The van der Waals surface area contributed by atoms with Gasteiger partial charge < -0.3 is 14.5 Å². The molecule has 184 valence electrons. The Morgan fingerprint density at radius 1 is 0.972 bits per heavy atom. The van der Waals surface area contributed by atoms with E-state index in [4.69, 9.17) is 16.6 Å². The molecule has 0 saturated carbocycles. The van der Waals surface area contributed by atoms with Crippen LogP contribution in [-0.4, -0.2) is 18.1 Å². The van der Waals surface area contributed by atoms with E-state index in [1.165, 1.54) is 0 Å². The average molecular weight is 516 g/mol. The second-order valence-corrected chi connectivity index (χ2v) is 8.00. The van der Waals surface area contributed by atoms with Crippen molar-refractivity contribution < 1.29 is 31.5 Å². The molecule has 0 atom stereocenters. The van der Waals surface area contributed by atoms with Crippen LogP contribution >= 0.6 is 12.2 Å². The van der Waals surface area contributed by atoms with E-state index < -0.39 is 51.2 Å². The molecule has 2 N–H and O–H groups in total. The molecule has 0 aliphatic carbocycles. The molecule has 0 radical (unpaired) electrons. The van der Waals surface area contributed by atoms with Crippen molar-refractivity contribution in [1.82, 2.24) is 5.32 Å². The van der Waals surface area contributed by atoms with Crippen molar-refractivity contribution in [2.24, 2.45) is 0 Å². The number of halogens is 4. The molecule has 0 bridgehead atoms. The average Bonchev–Trinajstić information content (AvgIpc) is 2.84. The number of carbonyl (C=O) groups is 1. The Hall–Kier alpha value is -4.25. The number of amides is 1. The zero-order valence-corrected chi connectivity index (χ0v) is 19.5. The van der Waals surface area contributed by atoms with E-state index in [0.29, 0.717) is 27.8 Å². The molecule has 1 aromatic heterocycles. The van der Waals surface area contributed by atoms with Crippen molar-refractivity contribution in [3.8, 4) is 16.9 Å². The van der Waals surface area contributed by atoms with Crippen molar-refractivity contribution in [1.29, 1.82) is 0 Å². The summed E-state index contributed by atoms with van der Waals surface area (Å²) in [5.74, 6) is -10.4. The minimum atomic E-state index is -1.94. The molecule has 0 aliphatic rings. The molecule has 6 nitrogen and oxygen atoms in total. The Bertz CT molecular complexity index is 1570. The number of fused-ring (bicyclic) bond motifs is 1. The summed E-state index contributed by atoms with van der Waals surface area (Å²) in [5, 5.41) is 4.95. The van der Waals surface area contributed by atoms with Crippen LogP contribution in [0.5, 0.6) is 5.75 Å². The van der Waals surface area contributed by atoms with Crippen LogP contribution < -0.4 is 21.0 Å². The van der Waals surface area contributed by atoms with Crippen LogP contribution in [0.4, 0.5) is 23.2 Å².